The van der Waals surface area contributed by atoms with Gasteiger partial charge in [-0.1, -0.05) is 42.8 Å². The predicted molar refractivity (Wildman–Crippen MR) is 95.7 cm³/mol. The van der Waals surface area contributed by atoms with Crippen LogP contribution in [0.3, 0.4) is 0 Å². The second-order valence-corrected chi connectivity index (χ2v) is 6.61. The number of aryl methyl sites for hydroxylation is 1. The van der Waals surface area contributed by atoms with Gasteiger partial charge in [-0.3, -0.25) is 9.59 Å². The van der Waals surface area contributed by atoms with Crippen molar-refractivity contribution < 1.29 is 14.0 Å². The van der Waals surface area contributed by atoms with Crippen LogP contribution in [0.1, 0.15) is 18.1 Å². The minimum Gasteiger partial charge on any atom is -0.268 e. The lowest BCUT2D eigenvalue weighted by molar-refractivity contribution is -0.113. The molecule has 122 valence electrons. The quantitative estimate of drug-likeness (QED) is 0.698. The van der Waals surface area contributed by atoms with Crippen molar-refractivity contribution in [1.29, 1.82) is 0 Å². The van der Waals surface area contributed by atoms with Gasteiger partial charge in [-0.2, -0.15) is 0 Å². The molecule has 1 aliphatic heterocycles. The van der Waals surface area contributed by atoms with Crippen molar-refractivity contribution in [2.24, 2.45) is 0 Å². The maximum absolute atomic E-state index is 13.3. The molecule has 0 bridgehead atoms. The van der Waals surface area contributed by atoms with E-state index in [0.29, 0.717) is 4.91 Å². The molecule has 0 N–H and O–H groups in total. The molecule has 1 saturated heterocycles. The van der Waals surface area contributed by atoms with Crippen LogP contribution < -0.4 is 4.90 Å². The van der Waals surface area contributed by atoms with E-state index in [2.05, 4.69) is 6.92 Å². The van der Waals surface area contributed by atoms with Gasteiger partial charge in [0.05, 0.1) is 15.6 Å². The Bertz CT molecular complexity index is 849. The molecular weight excluding hydrogens is 349 g/mol. The van der Waals surface area contributed by atoms with Gasteiger partial charge < -0.3 is 0 Å². The molecule has 6 heteroatoms. The van der Waals surface area contributed by atoms with E-state index in [1.54, 1.807) is 6.08 Å². The zero-order chi connectivity index (χ0) is 17.3. The van der Waals surface area contributed by atoms with Gasteiger partial charge in [-0.05, 0) is 53.6 Å². The molecule has 3 nitrogen and oxygen atoms in total. The lowest BCUT2D eigenvalue weighted by Crippen LogP contribution is -2.27. The molecule has 0 radical (unpaired) electrons. The molecule has 24 heavy (non-hydrogen) atoms. The van der Waals surface area contributed by atoms with E-state index in [4.69, 9.17) is 11.6 Å². The number of carbonyl (C=O) groups excluding carboxylic acids is 2. The second-order valence-electron chi connectivity index (χ2n) is 5.21. The summed E-state index contributed by atoms with van der Waals surface area (Å²) >= 11 is 6.59. The SMILES string of the molecule is CCc1ccc(/C=C2\SC(=O)N(c3ccc(F)c(Cl)c3)C2=O)cc1. The smallest absolute Gasteiger partial charge is 0.268 e. The lowest BCUT2D eigenvalue weighted by Gasteiger charge is -2.12. The number of anilines is 1. The van der Waals surface area contributed by atoms with Gasteiger partial charge >= 0.3 is 0 Å². The molecule has 3 rings (SSSR count). The molecule has 0 saturated carbocycles. The highest BCUT2D eigenvalue weighted by atomic mass is 35.5. The Morgan fingerprint density at radius 1 is 1.17 bits per heavy atom. The molecule has 1 fully saturated rings. The van der Waals surface area contributed by atoms with E-state index >= 15 is 0 Å². The fraction of sp³-hybridized carbons (Fsp3) is 0.111. The van der Waals surface area contributed by atoms with Crippen molar-refractivity contribution in [1.82, 2.24) is 0 Å². The van der Waals surface area contributed by atoms with Crippen LogP contribution >= 0.6 is 23.4 Å². The number of thioether (sulfide) groups is 1. The van der Waals surface area contributed by atoms with Crippen molar-refractivity contribution in [3.05, 3.63) is 69.3 Å². The van der Waals surface area contributed by atoms with E-state index < -0.39 is 17.0 Å². The third-order valence-electron chi connectivity index (χ3n) is 3.64. The van der Waals surface area contributed by atoms with Gasteiger partial charge in [-0.25, -0.2) is 9.29 Å². The Morgan fingerprint density at radius 3 is 2.50 bits per heavy atom. The van der Waals surface area contributed by atoms with Crippen molar-refractivity contribution in [3.8, 4) is 0 Å². The summed E-state index contributed by atoms with van der Waals surface area (Å²) in [5.41, 5.74) is 2.30. The van der Waals surface area contributed by atoms with Gasteiger partial charge in [0.15, 0.2) is 0 Å². The molecule has 2 aromatic rings. The van der Waals surface area contributed by atoms with Crippen molar-refractivity contribution >= 4 is 46.3 Å². The van der Waals surface area contributed by atoms with Gasteiger partial charge in [-0.15, -0.1) is 0 Å². The third kappa shape index (κ3) is 3.23. The van der Waals surface area contributed by atoms with Crippen LogP contribution in [0.25, 0.3) is 6.08 Å². The monoisotopic (exact) mass is 361 g/mol. The molecule has 0 spiro atoms. The fourth-order valence-electron chi connectivity index (χ4n) is 2.32. The molecule has 0 unspecified atom stereocenters. The number of rotatable bonds is 3. The molecule has 0 atom stereocenters. The zero-order valence-electron chi connectivity index (χ0n) is 12.8. The fourth-order valence-corrected chi connectivity index (χ4v) is 3.33. The number of halogens is 2. The minimum absolute atomic E-state index is 0.134. The van der Waals surface area contributed by atoms with Crippen molar-refractivity contribution in [2.45, 2.75) is 13.3 Å². The first kappa shape index (κ1) is 16.7. The lowest BCUT2D eigenvalue weighted by atomic mass is 10.1. The summed E-state index contributed by atoms with van der Waals surface area (Å²) in [6, 6.07) is 11.5. The van der Waals surface area contributed by atoms with E-state index in [1.807, 2.05) is 24.3 Å². The first-order valence-electron chi connectivity index (χ1n) is 7.31. The van der Waals surface area contributed by atoms with Gasteiger partial charge in [0, 0.05) is 0 Å². The number of amides is 2. The molecular formula is C18H13ClFNO2S. The largest absolute Gasteiger partial charge is 0.298 e. The van der Waals surface area contributed by atoms with Gasteiger partial charge in [0.1, 0.15) is 5.82 Å². The van der Waals surface area contributed by atoms with Crippen molar-refractivity contribution in [3.63, 3.8) is 0 Å². The average molecular weight is 362 g/mol. The van der Waals surface area contributed by atoms with Crippen LogP contribution in [0.5, 0.6) is 0 Å². The maximum atomic E-state index is 13.3. The van der Waals surface area contributed by atoms with Crippen LogP contribution in [-0.4, -0.2) is 11.1 Å². The standard InChI is InChI=1S/C18H13ClFNO2S/c1-2-11-3-5-12(6-4-11)9-16-17(22)21(18(23)24-16)13-7-8-15(20)14(19)10-13/h3-10H,2H2,1H3/b16-9-. The van der Waals surface area contributed by atoms with Gasteiger partial charge in [0.25, 0.3) is 11.1 Å². The summed E-state index contributed by atoms with van der Waals surface area (Å²) in [5.74, 6) is -1.04. The Kier molecular flexibility index (Phi) is 4.73. The van der Waals surface area contributed by atoms with Crippen LogP contribution in [0.4, 0.5) is 14.9 Å². The number of hydrogen-bond donors (Lipinski definition) is 0. The number of hydrogen-bond acceptors (Lipinski definition) is 3. The first-order chi connectivity index (χ1) is 11.5. The summed E-state index contributed by atoms with van der Waals surface area (Å²) in [5, 5.41) is -0.565. The Hall–Kier alpha value is -2.11. The van der Waals surface area contributed by atoms with Crippen LogP contribution in [0.2, 0.25) is 5.02 Å². The average Bonchev–Trinajstić information content (AvgIpc) is 2.85. The normalized spacial score (nSPS) is 16.3. The second kappa shape index (κ2) is 6.79. The molecule has 1 aliphatic rings. The molecule has 2 aromatic carbocycles. The van der Waals surface area contributed by atoms with Crippen LogP contribution in [0.15, 0.2) is 47.4 Å². The minimum atomic E-state index is -0.598. The van der Waals surface area contributed by atoms with Crippen LogP contribution in [-0.2, 0) is 11.2 Å². The van der Waals surface area contributed by atoms with Crippen molar-refractivity contribution in [2.75, 3.05) is 4.90 Å². The highest BCUT2D eigenvalue weighted by Gasteiger charge is 2.36. The summed E-state index contributed by atoms with van der Waals surface area (Å²) in [4.78, 5) is 26.0. The third-order valence-corrected chi connectivity index (χ3v) is 4.80. The highest BCUT2D eigenvalue weighted by Crippen LogP contribution is 2.36. The van der Waals surface area contributed by atoms with Gasteiger partial charge in [0.2, 0.25) is 0 Å². The molecule has 0 aromatic heterocycles. The highest BCUT2D eigenvalue weighted by molar-refractivity contribution is 8.19. The number of benzene rings is 2. The first-order valence-corrected chi connectivity index (χ1v) is 8.51. The van der Waals surface area contributed by atoms with Crippen LogP contribution in [0, 0.1) is 5.82 Å². The van der Waals surface area contributed by atoms with E-state index in [-0.39, 0.29) is 10.7 Å². The number of imide groups is 1. The summed E-state index contributed by atoms with van der Waals surface area (Å²) < 4.78 is 13.3. The Morgan fingerprint density at radius 2 is 1.88 bits per heavy atom. The topological polar surface area (TPSA) is 37.4 Å². The predicted octanol–water partition coefficient (Wildman–Crippen LogP) is 5.28. The summed E-state index contributed by atoms with van der Waals surface area (Å²) in [6.45, 7) is 2.06. The number of nitrogens with zero attached hydrogens (tertiary/aromatic N) is 1. The zero-order valence-corrected chi connectivity index (χ0v) is 14.3. The summed E-state index contributed by atoms with van der Waals surface area (Å²) in [7, 11) is 0. The summed E-state index contributed by atoms with van der Waals surface area (Å²) in [6.07, 6.45) is 2.61. The number of carbonyl (C=O) groups is 2. The Labute approximate surface area is 148 Å². The molecule has 1 heterocycles. The Balaban J connectivity index is 1.90. The molecule has 0 aliphatic carbocycles. The molecule has 2 amide bonds. The van der Waals surface area contributed by atoms with E-state index in [1.165, 1.54) is 17.7 Å². The van der Waals surface area contributed by atoms with E-state index in [9.17, 15) is 14.0 Å². The maximum Gasteiger partial charge on any atom is 0.298 e. The van der Waals surface area contributed by atoms with E-state index in [0.717, 1.165) is 34.7 Å².